The lowest BCUT2D eigenvalue weighted by atomic mass is 10.1. The maximum atomic E-state index is 13.0. The van der Waals surface area contributed by atoms with E-state index in [1.165, 1.54) is 11.1 Å². The van der Waals surface area contributed by atoms with Gasteiger partial charge < -0.3 is 4.90 Å². The van der Waals surface area contributed by atoms with Crippen LogP contribution in [0.3, 0.4) is 0 Å². The third kappa shape index (κ3) is 4.87. The minimum absolute atomic E-state index is 0.0353. The van der Waals surface area contributed by atoms with Gasteiger partial charge in [0.15, 0.2) is 0 Å². The van der Waals surface area contributed by atoms with Gasteiger partial charge in [0.25, 0.3) is 5.91 Å². The highest BCUT2D eigenvalue weighted by Crippen LogP contribution is 2.14. The maximum Gasteiger partial charge on any atom is 0.257 e. The minimum atomic E-state index is 0.0353. The van der Waals surface area contributed by atoms with Crippen molar-refractivity contribution in [2.75, 3.05) is 26.2 Å². The largest absolute Gasteiger partial charge is 0.336 e. The molecule has 0 atom stereocenters. The molecule has 0 unspecified atom stereocenters. The van der Waals surface area contributed by atoms with Crippen molar-refractivity contribution in [3.05, 3.63) is 95.1 Å². The van der Waals surface area contributed by atoms with Crippen molar-refractivity contribution in [2.45, 2.75) is 19.9 Å². The van der Waals surface area contributed by atoms with Crippen LogP contribution in [0.4, 0.5) is 0 Å². The molecule has 0 spiro atoms. The molecule has 148 valence electrons. The molecule has 3 aromatic rings. The standard InChI is InChI=1S/C24H26N4O/c1-19-22(17-25-23(26-19)16-20-8-4-2-5-9-20)24(29)28-14-12-27(13-15-28)18-21-10-6-3-7-11-21/h2-11,17H,12-16,18H2,1H3. The Bertz CT molecular complexity index is 951. The van der Waals surface area contributed by atoms with Gasteiger partial charge in [0, 0.05) is 45.3 Å². The number of hydrogen-bond donors (Lipinski definition) is 0. The second-order valence-corrected chi connectivity index (χ2v) is 7.50. The second-order valence-electron chi connectivity index (χ2n) is 7.50. The number of nitrogens with zero attached hydrogens (tertiary/aromatic N) is 4. The van der Waals surface area contributed by atoms with Crippen molar-refractivity contribution in [3.8, 4) is 0 Å². The van der Waals surface area contributed by atoms with Crippen LogP contribution in [0.2, 0.25) is 0 Å². The predicted molar refractivity (Wildman–Crippen MR) is 114 cm³/mol. The maximum absolute atomic E-state index is 13.0. The number of amides is 1. The van der Waals surface area contributed by atoms with E-state index in [0.29, 0.717) is 12.0 Å². The molecule has 1 amide bonds. The molecule has 0 saturated carbocycles. The number of carbonyl (C=O) groups is 1. The third-order valence-electron chi connectivity index (χ3n) is 5.37. The summed E-state index contributed by atoms with van der Waals surface area (Å²) in [6, 6.07) is 20.6. The van der Waals surface area contributed by atoms with Crippen molar-refractivity contribution >= 4 is 5.91 Å². The smallest absolute Gasteiger partial charge is 0.257 e. The molecule has 0 radical (unpaired) electrons. The van der Waals surface area contributed by atoms with Crippen molar-refractivity contribution in [1.82, 2.24) is 19.8 Å². The predicted octanol–water partition coefficient (Wildman–Crippen LogP) is 3.33. The molecule has 0 bridgehead atoms. The Balaban J connectivity index is 1.36. The number of hydrogen-bond acceptors (Lipinski definition) is 4. The summed E-state index contributed by atoms with van der Waals surface area (Å²) in [5, 5.41) is 0. The van der Waals surface area contributed by atoms with Crippen molar-refractivity contribution < 1.29 is 4.79 Å². The molecule has 2 heterocycles. The van der Waals surface area contributed by atoms with Crippen LogP contribution in [0.25, 0.3) is 0 Å². The Morgan fingerprint density at radius 1 is 0.897 bits per heavy atom. The number of carbonyl (C=O) groups excluding carboxylic acids is 1. The van der Waals surface area contributed by atoms with Gasteiger partial charge in [-0.1, -0.05) is 60.7 Å². The lowest BCUT2D eigenvalue weighted by Gasteiger charge is -2.34. The van der Waals surface area contributed by atoms with E-state index >= 15 is 0 Å². The normalized spacial score (nSPS) is 14.7. The Hall–Kier alpha value is -3.05. The van der Waals surface area contributed by atoms with Crippen LogP contribution in [-0.2, 0) is 13.0 Å². The van der Waals surface area contributed by atoms with Crippen LogP contribution < -0.4 is 0 Å². The molecule has 1 aliphatic heterocycles. The fraction of sp³-hybridized carbons (Fsp3) is 0.292. The number of rotatable bonds is 5. The zero-order chi connectivity index (χ0) is 20.1. The Labute approximate surface area is 172 Å². The van der Waals surface area contributed by atoms with Gasteiger partial charge in [-0.05, 0) is 18.1 Å². The lowest BCUT2D eigenvalue weighted by Crippen LogP contribution is -2.48. The molecule has 5 heteroatoms. The van der Waals surface area contributed by atoms with E-state index < -0.39 is 0 Å². The van der Waals surface area contributed by atoms with E-state index in [4.69, 9.17) is 0 Å². The van der Waals surface area contributed by atoms with Crippen molar-refractivity contribution in [1.29, 1.82) is 0 Å². The van der Waals surface area contributed by atoms with E-state index in [9.17, 15) is 4.79 Å². The van der Waals surface area contributed by atoms with Crippen LogP contribution >= 0.6 is 0 Å². The molecule has 1 saturated heterocycles. The van der Waals surface area contributed by atoms with Gasteiger partial charge in [0.05, 0.1) is 11.3 Å². The zero-order valence-corrected chi connectivity index (χ0v) is 16.8. The monoisotopic (exact) mass is 386 g/mol. The average molecular weight is 386 g/mol. The first-order valence-corrected chi connectivity index (χ1v) is 10.1. The highest BCUT2D eigenvalue weighted by molar-refractivity contribution is 5.95. The molecule has 5 nitrogen and oxygen atoms in total. The van der Waals surface area contributed by atoms with Gasteiger partial charge in [0.2, 0.25) is 0 Å². The summed E-state index contributed by atoms with van der Waals surface area (Å²) >= 11 is 0. The number of aryl methyl sites for hydroxylation is 1. The van der Waals surface area contributed by atoms with Crippen LogP contribution in [0.15, 0.2) is 66.9 Å². The van der Waals surface area contributed by atoms with Crippen molar-refractivity contribution in [3.63, 3.8) is 0 Å². The summed E-state index contributed by atoms with van der Waals surface area (Å²) in [7, 11) is 0. The first-order valence-electron chi connectivity index (χ1n) is 10.1. The van der Waals surface area contributed by atoms with Crippen LogP contribution in [0.5, 0.6) is 0 Å². The number of piperazine rings is 1. The van der Waals surface area contributed by atoms with Gasteiger partial charge in [-0.2, -0.15) is 0 Å². The number of aromatic nitrogens is 2. The van der Waals surface area contributed by atoms with E-state index in [0.717, 1.165) is 44.2 Å². The Morgan fingerprint density at radius 2 is 1.52 bits per heavy atom. The van der Waals surface area contributed by atoms with Crippen molar-refractivity contribution in [2.24, 2.45) is 0 Å². The molecule has 2 aromatic carbocycles. The minimum Gasteiger partial charge on any atom is -0.336 e. The van der Waals surface area contributed by atoms with E-state index in [1.807, 2.05) is 36.1 Å². The van der Waals surface area contributed by atoms with Crippen LogP contribution in [0, 0.1) is 6.92 Å². The summed E-state index contributed by atoms with van der Waals surface area (Å²) in [6.45, 7) is 6.06. The Morgan fingerprint density at radius 3 is 2.14 bits per heavy atom. The zero-order valence-electron chi connectivity index (χ0n) is 16.8. The molecular weight excluding hydrogens is 360 g/mol. The third-order valence-corrected chi connectivity index (χ3v) is 5.37. The first kappa shape index (κ1) is 19.3. The highest BCUT2D eigenvalue weighted by atomic mass is 16.2. The first-order chi connectivity index (χ1) is 14.2. The molecule has 1 aliphatic rings. The van der Waals surface area contributed by atoms with E-state index in [2.05, 4.69) is 51.3 Å². The Kier molecular flexibility index (Phi) is 5.96. The van der Waals surface area contributed by atoms with Gasteiger partial charge in [-0.3, -0.25) is 9.69 Å². The van der Waals surface area contributed by atoms with Gasteiger partial charge in [-0.25, -0.2) is 9.97 Å². The molecule has 1 aromatic heterocycles. The average Bonchev–Trinajstić information content (AvgIpc) is 2.75. The summed E-state index contributed by atoms with van der Waals surface area (Å²) in [5.74, 6) is 0.783. The summed E-state index contributed by atoms with van der Waals surface area (Å²) < 4.78 is 0. The molecule has 0 aliphatic carbocycles. The van der Waals surface area contributed by atoms with E-state index in [-0.39, 0.29) is 5.91 Å². The van der Waals surface area contributed by atoms with Gasteiger partial charge in [-0.15, -0.1) is 0 Å². The van der Waals surface area contributed by atoms with Gasteiger partial charge >= 0.3 is 0 Å². The highest BCUT2D eigenvalue weighted by Gasteiger charge is 2.24. The second kappa shape index (κ2) is 8.97. The SMILES string of the molecule is Cc1nc(Cc2ccccc2)ncc1C(=O)N1CCN(Cc2ccccc2)CC1. The summed E-state index contributed by atoms with van der Waals surface area (Å²) in [6.07, 6.45) is 2.37. The van der Waals surface area contributed by atoms with Gasteiger partial charge in [0.1, 0.15) is 5.82 Å². The molecule has 29 heavy (non-hydrogen) atoms. The molecule has 1 fully saturated rings. The van der Waals surface area contributed by atoms with E-state index in [1.54, 1.807) is 6.20 Å². The lowest BCUT2D eigenvalue weighted by molar-refractivity contribution is 0.0626. The van der Waals surface area contributed by atoms with Crippen LogP contribution in [0.1, 0.15) is 33.0 Å². The molecular formula is C24H26N4O. The topological polar surface area (TPSA) is 49.3 Å². The molecule has 0 N–H and O–H groups in total. The molecule has 4 rings (SSSR count). The summed E-state index contributed by atoms with van der Waals surface area (Å²) in [5.41, 5.74) is 3.84. The van der Waals surface area contributed by atoms with Crippen LogP contribution in [-0.4, -0.2) is 51.9 Å². The number of benzene rings is 2. The quantitative estimate of drug-likeness (QED) is 0.675. The fourth-order valence-corrected chi connectivity index (χ4v) is 3.71. The fourth-order valence-electron chi connectivity index (χ4n) is 3.71. The summed E-state index contributed by atoms with van der Waals surface area (Å²) in [4.78, 5) is 26.3.